The number of carbonyl (C=O) groups is 1. The average Bonchev–Trinajstić information content (AvgIpc) is 2.49. The highest BCUT2D eigenvalue weighted by atomic mass is 32.2. The van der Waals surface area contributed by atoms with Crippen molar-refractivity contribution in [2.75, 3.05) is 50.8 Å². The molecule has 1 aromatic carbocycles. The molecule has 1 aliphatic rings. The lowest BCUT2D eigenvalue weighted by Gasteiger charge is -2.31. The lowest BCUT2D eigenvalue weighted by atomic mass is 10.3. The summed E-state index contributed by atoms with van der Waals surface area (Å²) in [4.78, 5) is 17.5. The van der Waals surface area contributed by atoms with E-state index in [2.05, 4.69) is 28.2 Å². The molecular weight excluding hydrogens is 284 g/mol. The first-order valence-electron chi connectivity index (χ1n) is 6.98. The predicted octanol–water partition coefficient (Wildman–Crippen LogP) is 1.49. The van der Waals surface area contributed by atoms with Crippen molar-refractivity contribution in [3.8, 4) is 6.07 Å². The Morgan fingerprint density at radius 2 is 2.05 bits per heavy atom. The van der Waals surface area contributed by atoms with Crippen LogP contribution in [0.4, 0.5) is 5.69 Å². The Labute approximate surface area is 129 Å². The Morgan fingerprint density at radius 1 is 1.33 bits per heavy atom. The van der Waals surface area contributed by atoms with Crippen LogP contribution < -0.4 is 5.32 Å². The summed E-state index contributed by atoms with van der Waals surface area (Å²) in [5.74, 6) is 0.385. The molecule has 0 radical (unpaired) electrons. The standard InChI is InChI=1S/C15H20N4OS/c1-18-7-9-19(10-8-18)12-15(20)17-13-4-2-3-5-14(13)21-11-6-16/h2-5H,7-12H2,1H3,(H,17,20). The van der Waals surface area contributed by atoms with Gasteiger partial charge in [0, 0.05) is 31.1 Å². The second kappa shape index (κ2) is 8.03. The largest absolute Gasteiger partial charge is 0.324 e. The number of carbonyl (C=O) groups excluding carboxylic acids is 1. The minimum absolute atomic E-state index is 0.00422. The molecule has 5 nitrogen and oxygen atoms in total. The van der Waals surface area contributed by atoms with Crippen LogP contribution >= 0.6 is 11.8 Å². The number of nitrogens with one attached hydrogen (secondary N) is 1. The Kier molecular flexibility index (Phi) is 6.05. The number of likely N-dealkylation sites (N-methyl/N-ethyl adjacent to an activating group) is 1. The van der Waals surface area contributed by atoms with Gasteiger partial charge in [-0.3, -0.25) is 9.69 Å². The number of para-hydroxylation sites is 1. The first-order chi connectivity index (χ1) is 10.2. The maximum Gasteiger partial charge on any atom is 0.238 e. The minimum atomic E-state index is 0.00422. The van der Waals surface area contributed by atoms with E-state index < -0.39 is 0 Å². The predicted molar refractivity (Wildman–Crippen MR) is 85.3 cm³/mol. The SMILES string of the molecule is CN1CCN(CC(=O)Nc2ccccc2SCC#N)CC1. The van der Waals surface area contributed by atoms with Gasteiger partial charge in [-0.15, -0.1) is 11.8 Å². The number of thioether (sulfide) groups is 1. The van der Waals surface area contributed by atoms with Crippen LogP contribution in [0.2, 0.25) is 0 Å². The van der Waals surface area contributed by atoms with Crippen LogP contribution in [-0.2, 0) is 4.79 Å². The number of hydrogen-bond acceptors (Lipinski definition) is 5. The molecule has 6 heteroatoms. The van der Waals surface area contributed by atoms with Crippen LogP contribution in [0.25, 0.3) is 0 Å². The summed E-state index contributed by atoms with van der Waals surface area (Å²) in [6.45, 7) is 4.28. The fourth-order valence-corrected chi connectivity index (χ4v) is 2.87. The van der Waals surface area contributed by atoms with Gasteiger partial charge < -0.3 is 10.2 Å². The Balaban J connectivity index is 1.89. The molecule has 1 amide bonds. The molecule has 1 saturated heterocycles. The van der Waals surface area contributed by atoms with Crippen LogP contribution in [0.15, 0.2) is 29.2 Å². The zero-order valence-corrected chi connectivity index (χ0v) is 13.0. The summed E-state index contributed by atoms with van der Waals surface area (Å²) in [5, 5.41) is 11.6. The summed E-state index contributed by atoms with van der Waals surface area (Å²) < 4.78 is 0. The molecule has 112 valence electrons. The van der Waals surface area contributed by atoms with Gasteiger partial charge in [0.05, 0.1) is 24.1 Å². The van der Waals surface area contributed by atoms with Gasteiger partial charge in [0.1, 0.15) is 0 Å². The van der Waals surface area contributed by atoms with Gasteiger partial charge in [0.2, 0.25) is 5.91 Å². The molecule has 0 bridgehead atoms. The molecule has 1 heterocycles. The zero-order chi connectivity index (χ0) is 15.1. The van der Waals surface area contributed by atoms with E-state index in [0.717, 1.165) is 36.8 Å². The van der Waals surface area contributed by atoms with Crippen molar-refractivity contribution < 1.29 is 4.79 Å². The molecule has 0 spiro atoms. The van der Waals surface area contributed by atoms with Gasteiger partial charge in [-0.05, 0) is 19.2 Å². The second-order valence-corrected chi connectivity index (χ2v) is 6.09. The Bertz CT molecular complexity index is 521. The summed E-state index contributed by atoms with van der Waals surface area (Å²) in [6.07, 6.45) is 0. The third-order valence-corrected chi connectivity index (χ3v) is 4.36. The molecule has 1 aromatic rings. The third-order valence-electron chi connectivity index (χ3n) is 3.42. The van der Waals surface area contributed by atoms with Crippen LogP contribution in [-0.4, -0.2) is 61.2 Å². The van der Waals surface area contributed by atoms with E-state index >= 15 is 0 Å². The van der Waals surface area contributed by atoms with Gasteiger partial charge >= 0.3 is 0 Å². The molecule has 21 heavy (non-hydrogen) atoms. The maximum atomic E-state index is 12.1. The normalized spacial score (nSPS) is 16.4. The number of nitriles is 1. The number of piperazine rings is 1. The van der Waals surface area contributed by atoms with Crippen molar-refractivity contribution >= 4 is 23.4 Å². The number of rotatable bonds is 5. The fraction of sp³-hybridized carbons (Fsp3) is 0.467. The molecule has 0 atom stereocenters. The van der Waals surface area contributed by atoms with Crippen molar-refractivity contribution in [2.45, 2.75) is 4.90 Å². The first kappa shape index (κ1) is 15.8. The number of nitrogens with zero attached hydrogens (tertiary/aromatic N) is 3. The van der Waals surface area contributed by atoms with Gasteiger partial charge in [-0.25, -0.2) is 0 Å². The van der Waals surface area contributed by atoms with Crippen LogP contribution in [0.1, 0.15) is 0 Å². The molecule has 0 unspecified atom stereocenters. The van der Waals surface area contributed by atoms with Crippen LogP contribution in [0, 0.1) is 11.3 Å². The number of benzene rings is 1. The van der Waals surface area contributed by atoms with Gasteiger partial charge in [-0.2, -0.15) is 5.26 Å². The van der Waals surface area contributed by atoms with Crippen molar-refractivity contribution in [2.24, 2.45) is 0 Å². The Morgan fingerprint density at radius 3 is 2.76 bits per heavy atom. The van der Waals surface area contributed by atoms with E-state index in [1.54, 1.807) is 0 Å². The summed E-state index contributed by atoms with van der Waals surface area (Å²) in [6, 6.07) is 9.71. The van der Waals surface area contributed by atoms with Crippen LogP contribution in [0.3, 0.4) is 0 Å². The lowest BCUT2D eigenvalue weighted by Crippen LogP contribution is -2.47. The Hall–Kier alpha value is -1.55. The number of hydrogen-bond donors (Lipinski definition) is 1. The van der Waals surface area contributed by atoms with Crippen molar-refractivity contribution in [1.82, 2.24) is 9.80 Å². The second-order valence-electron chi connectivity index (χ2n) is 5.07. The molecule has 0 aliphatic carbocycles. The average molecular weight is 304 g/mol. The molecular formula is C15H20N4OS. The highest BCUT2D eigenvalue weighted by Gasteiger charge is 2.17. The van der Waals surface area contributed by atoms with E-state index in [1.165, 1.54) is 11.8 Å². The zero-order valence-electron chi connectivity index (χ0n) is 12.2. The summed E-state index contributed by atoms with van der Waals surface area (Å²) >= 11 is 1.44. The van der Waals surface area contributed by atoms with E-state index in [9.17, 15) is 4.79 Å². The van der Waals surface area contributed by atoms with E-state index in [-0.39, 0.29) is 5.91 Å². The van der Waals surface area contributed by atoms with Crippen molar-refractivity contribution in [3.05, 3.63) is 24.3 Å². The third kappa shape index (κ3) is 5.05. The summed E-state index contributed by atoms with van der Waals surface area (Å²) in [5.41, 5.74) is 0.789. The minimum Gasteiger partial charge on any atom is -0.324 e. The van der Waals surface area contributed by atoms with E-state index in [4.69, 9.17) is 5.26 Å². The van der Waals surface area contributed by atoms with Crippen molar-refractivity contribution in [3.63, 3.8) is 0 Å². The fourth-order valence-electron chi connectivity index (χ4n) is 2.20. The quantitative estimate of drug-likeness (QED) is 0.835. The van der Waals surface area contributed by atoms with Crippen molar-refractivity contribution in [1.29, 1.82) is 5.26 Å². The molecule has 0 saturated carbocycles. The van der Waals surface area contributed by atoms with E-state index in [0.29, 0.717) is 12.3 Å². The highest BCUT2D eigenvalue weighted by Crippen LogP contribution is 2.26. The van der Waals surface area contributed by atoms with Gasteiger partial charge in [0.25, 0.3) is 0 Å². The first-order valence-corrected chi connectivity index (χ1v) is 7.97. The van der Waals surface area contributed by atoms with Crippen LogP contribution in [0.5, 0.6) is 0 Å². The highest BCUT2D eigenvalue weighted by molar-refractivity contribution is 7.99. The maximum absolute atomic E-state index is 12.1. The van der Waals surface area contributed by atoms with Gasteiger partial charge in [0.15, 0.2) is 0 Å². The topological polar surface area (TPSA) is 59.4 Å². The molecule has 1 N–H and O–H groups in total. The molecule has 2 rings (SSSR count). The number of anilines is 1. The number of amides is 1. The molecule has 1 fully saturated rings. The molecule has 0 aromatic heterocycles. The van der Waals surface area contributed by atoms with Gasteiger partial charge in [-0.1, -0.05) is 12.1 Å². The van der Waals surface area contributed by atoms with E-state index in [1.807, 2.05) is 24.3 Å². The summed E-state index contributed by atoms with van der Waals surface area (Å²) in [7, 11) is 2.10. The monoisotopic (exact) mass is 304 g/mol. The molecule has 1 aliphatic heterocycles. The lowest BCUT2D eigenvalue weighted by molar-refractivity contribution is -0.117. The smallest absolute Gasteiger partial charge is 0.238 e.